The Labute approximate surface area is 113 Å². The van der Waals surface area contributed by atoms with E-state index in [1.807, 2.05) is 24.3 Å². The number of rotatable bonds is 9. The Bertz CT molecular complexity index is 381. The van der Waals surface area contributed by atoms with Gasteiger partial charge in [0.15, 0.2) is 0 Å². The fourth-order valence-corrected chi connectivity index (χ4v) is 1.68. The Morgan fingerprint density at radius 1 is 1.32 bits per heavy atom. The number of para-hydroxylation sites is 1. The van der Waals surface area contributed by atoms with Crippen LogP contribution in [0.3, 0.4) is 0 Å². The minimum absolute atomic E-state index is 0.00173. The highest BCUT2D eigenvalue weighted by Crippen LogP contribution is 2.18. The van der Waals surface area contributed by atoms with Gasteiger partial charge in [-0.2, -0.15) is 0 Å². The van der Waals surface area contributed by atoms with Gasteiger partial charge in [-0.05, 0) is 18.1 Å². The number of aryl methyl sites for hydroxylation is 1. The topological polar surface area (TPSA) is 67.8 Å². The summed E-state index contributed by atoms with van der Waals surface area (Å²) in [7, 11) is 1.62. The van der Waals surface area contributed by atoms with E-state index in [-0.39, 0.29) is 12.5 Å². The molecule has 0 atom stereocenters. The maximum absolute atomic E-state index is 11.6. The van der Waals surface area contributed by atoms with E-state index < -0.39 is 0 Å². The molecule has 0 radical (unpaired) electrons. The zero-order valence-electron chi connectivity index (χ0n) is 11.2. The Kier molecular flexibility index (Phi) is 7.62. The molecule has 1 aromatic rings. The molecular weight excluding hydrogens is 246 g/mol. The highest BCUT2D eigenvalue weighted by molar-refractivity contribution is 5.76. The Morgan fingerprint density at radius 3 is 2.84 bits per heavy atom. The molecule has 19 heavy (non-hydrogen) atoms. The molecule has 1 rings (SSSR count). The van der Waals surface area contributed by atoms with Crippen molar-refractivity contribution in [3.63, 3.8) is 0 Å². The first-order chi connectivity index (χ1) is 9.27. The molecule has 1 amide bonds. The highest BCUT2D eigenvalue weighted by atomic mass is 16.5. The van der Waals surface area contributed by atoms with Crippen LogP contribution in [0.4, 0.5) is 0 Å². The molecule has 5 nitrogen and oxygen atoms in total. The number of benzene rings is 1. The van der Waals surface area contributed by atoms with E-state index in [4.69, 9.17) is 14.6 Å². The summed E-state index contributed by atoms with van der Waals surface area (Å²) < 4.78 is 10.3. The molecule has 0 unspecified atom stereocenters. The second kappa shape index (κ2) is 9.35. The third kappa shape index (κ3) is 6.22. The van der Waals surface area contributed by atoms with E-state index >= 15 is 0 Å². The monoisotopic (exact) mass is 267 g/mol. The molecular formula is C14H21NO4. The lowest BCUT2D eigenvalue weighted by Gasteiger charge is -2.08. The lowest BCUT2D eigenvalue weighted by Crippen LogP contribution is -2.27. The van der Waals surface area contributed by atoms with Crippen LogP contribution in [0.25, 0.3) is 0 Å². The fourth-order valence-electron chi connectivity index (χ4n) is 1.68. The van der Waals surface area contributed by atoms with Gasteiger partial charge in [0.25, 0.3) is 0 Å². The zero-order chi connectivity index (χ0) is 13.9. The van der Waals surface area contributed by atoms with Crippen molar-refractivity contribution in [1.29, 1.82) is 0 Å². The van der Waals surface area contributed by atoms with Gasteiger partial charge >= 0.3 is 0 Å². The molecule has 106 valence electrons. The molecule has 0 fully saturated rings. The summed E-state index contributed by atoms with van der Waals surface area (Å²) in [6.45, 7) is 1.19. The molecule has 1 aromatic carbocycles. The van der Waals surface area contributed by atoms with Crippen molar-refractivity contribution in [2.75, 3.05) is 33.5 Å². The third-order valence-electron chi connectivity index (χ3n) is 2.62. The second-order valence-corrected chi connectivity index (χ2v) is 4.00. The van der Waals surface area contributed by atoms with E-state index in [2.05, 4.69) is 5.32 Å². The molecule has 5 heteroatoms. The first kappa shape index (κ1) is 15.5. The largest absolute Gasteiger partial charge is 0.496 e. The van der Waals surface area contributed by atoms with Gasteiger partial charge in [-0.1, -0.05) is 18.2 Å². The van der Waals surface area contributed by atoms with Crippen molar-refractivity contribution in [2.24, 2.45) is 0 Å². The summed E-state index contributed by atoms with van der Waals surface area (Å²) in [5.41, 5.74) is 1.02. The van der Waals surface area contributed by atoms with E-state index in [0.717, 1.165) is 11.3 Å². The molecule has 0 spiro atoms. The van der Waals surface area contributed by atoms with E-state index in [1.54, 1.807) is 7.11 Å². The molecule has 0 saturated heterocycles. The standard InChI is InChI=1S/C14H21NO4/c1-18-13-5-3-2-4-12(13)6-7-14(17)15-8-10-19-11-9-16/h2-5,16H,6-11H2,1H3,(H,15,17). The predicted molar refractivity (Wildman–Crippen MR) is 72.2 cm³/mol. The van der Waals surface area contributed by atoms with Gasteiger partial charge in [0.1, 0.15) is 5.75 Å². The van der Waals surface area contributed by atoms with Crippen LogP contribution in [0.2, 0.25) is 0 Å². The number of hydrogen-bond donors (Lipinski definition) is 2. The number of nitrogens with one attached hydrogen (secondary N) is 1. The Hall–Kier alpha value is -1.59. The maximum Gasteiger partial charge on any atom is 0.220 e. The number of amides is 1. The Morgan fingerprint density at radius 2 is 2.11 bits per heavy atom. The number of ether oxygens (including phenoxy) is 2. The van der Waals surface area contributed by atoms with Crippen LogP contribution < -0.4 is 10.1 Å². The Balaban J connectivity index is 2.22. The molecule has 0 aliphatic heterocycles. The molecule has 0 bridgehead atoms. The van der Waals surface area contributed by atoms with Gasteiger partial charge in [0.05, 0.1) is 26.9 Å². The van der Waals surface area contributed by atoms with Crippen molar-refractivity contribution >= 4 is 5.91 Å². The second-order valence-electron chi connectivity index (χ2n) is 4.00. The van der Waals surface area contributed by atoms with E-state index in [1.165, 1.54) is 0 Å². The van der Waals surface area contributed by atoms with Crippen molar-refractivity contribution in [3.05, 3.63) is 29.8 Å². The average Bonchev–Trinajstić information content (AvgIpc) is 2.45. The lowest BCUT2D eigenvalue weighted by atomic mass is 10.1. The quantitative estimate of drug-likeness (QED) is 0.648. The minimum Gasteiger partial charge on any atom is -0.496 e. The molecule has 0 aliphatic carbocycles. The third-order valence-corrected chi connectivity index (χ3v) is 2.62. The van der Waals surface area contributed by atoms with Crippen LogP contribution in [0.15, 0.2) is 24.3 Å². The van der Waals surface area contributed by atoms with Crippen LogP contribution in [-0.2, 0) is 16.0 Å². The summed E-state index contributed by atoms with van der Waals surface area (Å²) in [5, 5.41) is 11.3. The van der Waals surface area contributed by atoms with Gasteiger partial charge in [-0.15, -0.1) is 0 Å². The number of carbonyl (C=O) groups excluding carboxylic acids is 1. The smallest absolute Gasteiger partial charge is 0.220 e. The number of aliphatic hydroxyl groups excluding tert-OH is 1. The number of hydrogen-bond acceptors (Lipinski definition) is 4. The first-order valence-electron chi connectivity index (χ1n) is 6.35. The van der Waals surface area contributed by atoms with Crippen molar-refractivity contribution < 1.29 is 19.4 Å². The maximum atomic E-state index is 11.6. The van der Waals surface area contributed by atoms with Crippen LogP contribution in [-0.4, -0.2) is 44.5 Å². The van der Waals surface area contributed by atoms with Crippen LogP contribution in [0.1, 0.15) is 12.0 Å². The van der Waals surface area contributed by atoms with Crippen molar-refractivity contribution in [2.45, 2.75) is 12.8 Å². The van der Waals surface area contributed by atoms with Gasteiger partial charge in [0, 0.05) is 13.0 Å². The average molecular weight is 267 g/mol. The number of aliphatic hydroxyl groups is 1. The summed E-state index contributed by atoms with van der Waals surface area (Å²) >= 11 is 0. The van der Waals surface area contributed by atoms with Gasteiger partial charge < -0.3 is 19.9 Å². The first-order valence-corrected chi connectivity index (χ1v) is 6.35. The minimum atomic E-state index is -0.0153. The summed E-state index contributed by atoms with van der Waals surface area (Å²) in [6, 6.07) is 7.67. The summed E-state index contributed by atoms with van der Waals surface area (Å²) in [4.78, 5) is 11.6. The van der Waals surface area contributed by atoms with Crippen LogP contribution in [0, 0.1) is 0 Å². The molecule has 0 aromatic heterocycles. The van der Waals surface area contributed by atoms with Crippen LogP contribution in [0.5, 0.6) is 5.75 Å². The summed E-state index contributed by atoms with van der Waals surface area (Å²) in [5.74, 6) is 0.792. The van der Waals surface area contributed by atoms with Gasteiger partial charge in [0.2, 0.25) is 5.91 Å². The zero-order valence-corrected chi connectivity index (χ0v) is 11.2. The molecule has 0 saturated carbocycles. The molecule has 2 N–H and O–H groups in total. The fraction of sp³-hybridized carbons (Fsp3) is 0.500. The van der Waals surface area contributed by atoms with E-state index in [0.29, 0.717) is 32.6 Å². The predicted octanol–water partition coefficient (Wildman–Crippen LogP) is 0.753. The molecule has 0 heterocycles. The van der Waals surface area contributed by atoms with Crippen molar-refractivity contribution in [1.82, 2.24) is 5.32 Å². The SMILES string of the molecule is COc1ccccc1CCC(=O)NCCOCCO. The van der Waals surface area contributed by atoms with E-state index in [9.17, 15) is 4.79 Å². The normalized spacial score (nSPS) is 10.2. The van der Waals surface area contributed by atoms with Gasteiger partial charge in [-0.25, -0.2) is 0 Å². The van der Waals surface area contributed by atoms with Gasteiger partial charge in [-0.3, -0.25) is 4.79 Å². The van der Waals surface area contributed by atoms with Crippen molar-refractivity contribution in [3.8, 4) is 5.75 Å². The number of carbonyl (C=O) groups is 1. The highest BCUT2D eigenvalue weighted by Gasteiger charge is 2.05. The lowest BCUT2D eigenvalue weighted by molar-refractivity contribution is -0.121. The summed E-state index contributed by atoms with van der Waals surface area (Å²) in [6.07, 6.45) is 1.06. The number of methoxy groups -OCH3 is 1. The molecule has 0 aliphatic rings. The van der Waals surface area contributed by atoms with Crippen LogP contribution >= 0.6 is 0 Å².